The maximum atomic E-state index is 11.6. The van der Waals surface area contributed by atoms with E-state index in [9.17, 15) is 4.79 Å². The molecule has 1 atom stereocenters. The number of carbonyl (C=O) groups excluding carboxylic acids is 1. The third-order valence-corrected chi connectivity index (χ3v) is 4.64. The van der Waals surface area contributed by atoms with Crippen LogP contribution in [0.3, 0.4) is 0 Å². The third kappa shape index (κ3) is 2.98. The second-order valence-electron chi connectivity index (χ2n) is 6.09. The Hall–Kier alpha value is -2.30. The van der Waals surface area contributed by atoms with E-state index in [4.69, 9.17) is 11.5 Å². The van der Waals surface area contributed by atoms with Gasteiger partial charge in [0.25, 0.3) is 0 Å². The Morgan fingerprint density at radius 3 is 2.68 bits per heavy atom. The van der Waals surface area contributed by atoms with Crippen LogP contribution < -0.4 is 11.5 Å². The largest absolute Gasteiger partial charge is 0.370 e. The van der Waals surface area contributed by atoms with Crippen LogP contribution in [0.5, 0.6) is 0 Å². The van der Waals surface area contributed by atoms with E-state index in [0.717, 1.165) is 29.7 Å². The van der Waals surface area contributed by atoms with Gasteiger partial charge in [-0.25, -0.2) is 4.98 Å². The van der Waals surface area contributed by atoms with Crippen molar-refractivity contribution >= 4 is 11.9 Å². The Balaban J connectivity index is 2.01. The van der Waals surface area contributed by atoms with Crippen LogP contribution in [0.4, 0.5) is 5.95 Å². The lowest BCUT2D eigenvalue weighted by Gasteiger charge is -2.25. The third-order valence-electron chi connectivity index (χ3n) is 4.64. The van der Waals surface area contributed by atoms with Gasteiger partial charge in [0.05, 0.1) is 11.9 Å². The molecular weight excluding hydrogens is 276 g/mol. The normalized spacial score (nSPS) is 16.7. The number of H-pyrrole nitrogens is 1. The number of benzene rings is 1. The van der Waals surface area contributed by atoms with E-state index < -0.39 is 0 Å². The summed E-state index contributed by atoms with van der Waals surface area (Å²) in [5.41, 5.74) is 14.3. The summed E-state index contributed by atoms with van der Waals surface area (Å²) in [6, 6.07) is 8.15. The number of amides is 1. The van der Waals surface area contributed by atoms with Crippen molar-refractivity contribution in [3.8, 4) is 11.3 Å². The van der Waals surface area contributed by atoms with E-state index in [-0.39, 0.29) is 11.8 Å². The second-order valence-corrected chi connectivity index (χ2v) is 6.09. The van der Waals surface area contributed by atoms with E-state index in [1.165, 1.54) is 12.8 Å². The molecule has 0 saturated heterocycles. The monoisotopic (exact) mass is 298 g/mol. The zero-order chi connectivity index (χ0) is 15.5. The van der Waals surface area contributed by atoms with Gasteiger partial charge < -0.3 is 16.5 Å². The molecular formula is C17H22N4O. The van der Waals surface area contributed by atoms with E-state index in [1.54, 1.807) is 6.20 Å². The van der Waals surface area contributed by atoms with Crippen molar-refractivity contribution < 1.29 is 4.79 Å². The molecule has 3 rings (SSSR count). The van der Waals surface area contributed by atoms with Crippen molar-refractivity contribution in [2.24, 2.45) is 11.7 Å². The lowest BCUT2D eigenvalue weighted by atomic mass is 9.80. The van der Waals surface area contributed by atoms with Crippen LogP contribution in [0, 0.1) is 5.92 Å². The number of hydrogen-bond donors (Lipinski definition) is 3. The summed E-state index contributed by atoms with van der Waals surface area (Å²) >= 11 is 0. The topological polar surface area (TPSA) is 97.8 Å². The van der Waals surface area contributed by atoms with Gasteiger partial charge in [-0.05, 0) is 30.2 Å². The predicted octanol–water partition coefficient (Wildman–Crippen LogP) is 2.81. The first-order chi connectivity index (χ1) is 10.6. The predicted molar refractivity (Wildman–Crippen MR) is 86.9 cm³/mol. The Morgan fingerprint density at radius 1 is 1.32 bits per heavy atom. The van der Waals surface area contributed by atoms with Crippen LogP contribution in [0.1, 0.15) is 43.6 Å². The van der Waals surface area contributed by atoms with Crippen LogP contribution in [0.2, 0.25) is 0 Å². The molecule has 1 saturated carbocycles. The van der Waals surface area contributed by atoms with Crippen molar-refractivity contribution in [1.82, 2.24) is 9.97 Å². The molecule has 0 bridgehead atoms. The first kappa shape index (κ1) is 14.6. The first-order valence-electron chi connectivity index (χ1n) is 7.83. The number of nitrogen functional groups attached to an aromatic ring is 1. The highest BCUT2D eigenvalue weighted by Gasteiger charge is 2.29. The Kier molecular flexibility index (Phi) is 4.13. The maximum Gasteiger partial charge on any atom is 0.218 e. The SMILES string of the molecule is NC(=O)CC(c1ccccc1-c1cnc(N)[nH]1)C1CCCC1. The molecule has 1 aliphatic rings. The van der Waals surface area contributed by atoms with Crippen molar-refractivity contribution in [3.63, 3.8) is 0 Å². The van der Waals surface area contributed by atoms with E-state index in [1.807, 2.05) is 18.2 Å². The molecule has 116 valence electrons. The van der Waals surface area contributed by atoms with E-state index >= 15 is 0 Å². The molecule has 22 heavy (non-hydrogen) atoms. The van der Waals surface area contributed by atoms with Crippen LogP contribution >= 0.6 is 0 Å². The lowest BCUT2D eigenvalue weighted by molar-refractivity contribution is -0.118. The van der Waals surface area contributed by atoms with E-state index in [2.05, 4.69) is 16.0 Å². The Labute approximate surface area is 130 Å². The quantitative estimate of drug-likeness (QED) is 0.791. The van der Waals surface area contributed by atoms with Gasteiger partial charge in [0, 0.05) is 12.0 Å². The van der Waals surface area contributed by atoms with Crippen LogP contribution in [0.15, 0.2) is 30.5 Å². The molecule has 1 fully saturated rings. The summed E-state index contributed by atoms with van der Waals surface area (Å²) < 4.78 is 0. The fourth-order valence-electron chi connectivity index (χ4n) is 3.65. The smallest absolute Gasteiger partial charge is 0.218 e. The highest BCUT2D eigenvalue weighted by molar-refractivity contribution is 5.76. The van der Waals surface area contributed by atoms with Crippen LogP contribution in [-0.4, -0.2) is 15.9 Å². The minimum Gasteiger partial charge on any atom is -0.370 e. The first-order valence-corrected chi connectivity index (χ1v) is 7.83. The number of aromatic amines is 1. The van der Waals surface area contributed by atoms with Gasteiger partial charge in [-0.3, -0.25) is 4.79 Å². The molecule has 1 aliphatic carbocycles. The van der Waals surface area contributed by atoms with Crippen molar-refractivity contribution in [2.45, 2.75) is 38.0 Å². The van der Waals surface area contributed by atoms with Crippen LogP contribution in [-0.2, 0) is 4.79 Å². The molecule has 1 amide bonds. The average Bonchev–Trinajstić information content (AvgIpc) is 3.16. The molecule has 0 radical (unpaired) electrons. The summed E-state index contributed by atoms with van der Waals surface area (Å²) in [4.78, 5) is 18.7. The molecule has 1 unspecified atom stereocenters. The maximum absolute atomic E-state index is 11.6. The molecule has 1 aromatic carbocycles. The van der Waals surface area contributed by atoms with Gasteiger partial charge in [-0.15, -0.1) is 0 Å². The van der Waals surface area contributed by atoms with Crippen molar-refractivity contribution in [1.29, 1.82) is 0 Å². The number of nitrogens with two attached hydrogens (primary N) is 2. The fourth-order valence-corrected chi connectivity index (χ4v) is 3.65. The van der Waals surface area contributed by atoms with Gasteiger partial charge in [0.15, 0.2) is 5.95 Å². The number of aromatic nitrogens is 2. The molecule has 2 aromatic rings. The summed E-state index contributed by atoms with van der Waals surface area (Å²) in [6.07, 6.45) is 6.93. The zero-order valence-corrected chi connectivity index (χ0v) is 12.6. The van der Waals surface area contributed by atoms with Gasteiger partial charge in [0.2, 0.25) is 5.91 Å². The lowest BCUT2D eigenvalue weighted by Crippen LogP contribution is -2.20. The van der Waals surface area contributed by atoms with Gasteiger partial charge in [0.1, 0.15) is 0 Å². The number of nitrogens with one attached hydrogen (secondary N) is 1. The molecule has 0 spiro atoms. The number of carbonyl (C=O) groups is 1. The van der Waals surface area contributed by atoms with Crippen molar-refractivity contribution in [2.75, 3.05) is 5.73 Å². The standard InChI is InChI=1S/C17H22N4O/c18-16(22)9-14(11-5-1-2-6-11)12-7-3-4-8-13(12)15-10-20-17(19)21-15/h3-4,7-8,10-11,14H,1-2,5-6,9H2,(H2,18,22)(H3,19,20,21). The highest BCUT2D eigenvalue weighted by Crippen LogP contribution is 2.42. The van der Waals surface area contributed by atoms with Crippen molar-refractivity contribution in [3.05, 3.63) is 36.0 Å². The number of anilines is 1. The number of nitrogens with zero attached hydrogens (tertiary/aromatic N) is 1. The molecule has 5 N–H and O–H groups in total. The minimum absolute atomic E-state index is 0.167. The molecule has 1 aromatic heterocycles. The van der Waals surface area contributed by atoms with Gasteiger partial charge in [-0.1, -0.05) is 37.1 Å². The van der Waals surface area contributed by atoms with Gasteiger partial charge >= 0.3 is 0 Å². The molecule has 0 aliphatic heterocycles. The van der Waals surface area contributed by atoms with Crippen LogP contribution in [0.25, 0.3) is 11.3 Å². The summed E-state index contributed by atoms with van der Waals surface area (Å²) in [5, 5.41) is 0. The fraction of sp³-hybridized carbons (Fsp3) is 0.412. The molecule has 5 nitrogen and oxygen atoms in total. The molecule has 1 heterocycles. The van der Waals surface area contributed by atoms with E-state index in [0.29, 0.717) is 18.3 Å². The highest BCUT2D eigenvalue weighted by atomic mass is 16.1. The Morgan fingerprint density at radius 2 is 2.05 bits per heavy atom. The number of rotatable bonds is 5. The Bertz CT molecular complexity index is 658. The average molecular weight is 298 g/mol. The molecule has 5 heteroatoms. The summed E-state index contributed by atoms with van der Waals surface area (Å²) in [6.45, 7) is 0. The number of primary amides is 1. The van der Waals surface area contributed by atoms with Gasteiger partial charge in [-0.2, -0.15) is 0 Å². The zero-order valence-electron chi connectivity index (χ0n) is 12.6. The minimum atomic E-state index is -0.240. The number of hydrogen-bond acceptors (Lipinski definition) is 3. The number of imidazole rings is 1. The summed E-state index contributed by atoms with van der Waals surface area (Å²) in [7, 11) is 0. The second kappa shape index (κ2) is 6.22. The summed E-state index contributed by atoms with van der Waals surface area (Å²) in [5.74, 6) is 0.850.